The molecule has 1 aliphatic carbocycles. The molecule has 86 valence electrons. The van der Waals surface area contributed by atoms with Crippen molar-refractivity contribution in [3.05, 3.63) is 21.3 Å². The quantitative estimate of drug-likeness (QED) is 0.582. The molecule has 1 N–H and O–H groups in total. The van der Waals surface area contributed by atoms with E-state index in [1.165, 1.54) is 38.3 Å². The maximum absolute atomic E-state index is 10.5. The second-order valence-corrected chi connectivity index (χ2v) is 4.68. The van der Waals surface area contributed by atoms with Gasteiger partial charge in [0.25, 0.3) is 0 Å². The van der Waals surface area contributed by atoms with Crippen LogP contribution in [0.4, 0.5) is 0 Å². The van der Waals surface area contributed by atoms with E-state index >= 15 is 0 Å². The Bertz CT molecular complexity index is 238. The van der Waals surface area contributed by atoms with Crippen molar-refractivity contribution in [2.75, 3.05) is 12.8 Å². The van der Waals surface area contributed by atoms with Gasteiger partial charge >= 0.3 is 5.03 Å². The van der Waals surface area contributed by atoms with Crippen molar-refractivity contribution in [3.8, 4) is 0 Å². The molecule has 0 bridgehead atoms. The summed E-state index contributed by atoms with van der Waals surface area (Å²) in [4.78, 5) is 10.1. The molecule has 0 spiro atoms. The SMILES string of the molecule is CSC(=CNCC1CCCCC1)[N+](=O)[O-]. The summed E-state index contributed by atoms with van der Waals surface area (Å²) < 4.78 is 0. The molecular weight excluding hydrogens is 212 g/mol. The molecule has 0 heterocycles. The van der Waals surface area contributed by atoms with Gasteiger partial charge in [-0.3, -0.25) is 10.1 Å². The minimum atomic E-state index is -0.349. The lowest BCUT2D eigenvalue weighted by Crippen LogP contribution is -2.21. The molecule has 0 atom stereocenters. The second kappa shape index (κ2) is 6.71. The standard InChI is InChI=1S/C10H18N2O2S/c1-15-10(12(13)14)8-11-7-9-5-3-2-4-6-9/h8-9,11H,2-7H2,1H3. The van der Waals surface area contributed by atoms with Crippen LogP contribution < -0.4 is 5.32 Å². The number of thioether (sulfide) groups is 1. The monoisotopic (exact) mass is 230 g/mol. The zero-order valence-electron chi connectivity index (χ0n) is 9.07. The molecule has 0 aromatic carbocycles. The molecule has 1 rings (SSSR count). The maximum atomic E-state index is 10.5. The Kier molecular flexibility index (Phi) is 5.53. The van der Waals surface area contributed by atoms with Crippen LogP contribution in [0.15, 0.2) is 11.2 Å². The molecule has 4 nitrogen and oxygen atoms in total. The van der Waals surface area contributed by atoms with Crippen molar-refractivity contribution < 1.29 is 4.92 Å². The van der Waals surface area contributed by atoms with Crippen molar-refractivity contribution in [2.45, 2.75) is 32.1 Å². The van der Waals surface area contributed by atoms with Crippen molar-refractivity contribution in [1.82, 2.24) is 5.32 Å². The van der Waals surface area contributed by atoms with E-state index in [1.807, 2.05) is 0 Å². The summed E-state index contributed by atoms with van der Waals surface area (Å²) in [5.74, 6) is 0.699. The van der Waals surface area contributed by atoms with Crippen molar-refractivity contribution >= 4 is 11.8 Å². The molecule has 15 heavy (non-hydrogen) atoms. The normalized spacial score (nSPS) is 18.9. The molecule has 0 amide bonds. The highest BCUT2D eigenvalue weighted by Gasteiger charge is 2.13. The topological polar surface area (TPSA) is 55.2 Å². The molecule has 0 aromatic heterocycles. The van der Waals surface area contributed by atoms with Crippen LogP contribution in [0.1, 0.15) is 32.1 Å². The summed E-state index contributed by atoms with van der Waals surface area (Å²) >= 11 is 1.16. The van der Waals surface area contributed by atoms with Crippen LogP contribution >= 0.6 is 11.8 Å². The van der Waals surface area contributed by atoms with Gasteiger partial charge in [0.1, 0.15) is 0 Å². The summed E-state index contributed by atoms with van der Waals surface area (Å²) in [6.45, 7) is 0.873. The molecule has 0 unspecified atom stereocenters. The highest BCUT2D eigenvalue weighted by atomic mass is 32.2. The van der Waals surface area contributed by atoms with Gasteiger partial charge in [0.15, 0.2) is 0 Å². The lowest BCUT2D eigenvalue weighted by molar-refractivity contribution is -0.410. The van der Waals surface area contributed by atoms with E-state index in [1.54, 1.807) is 6.26 Å². The predicted molar refractivity (Wildman–Crippen MR) is 63.2 cm³/mol. The Balaban J connectivity index is 2.26. The minimum Gasteiger partial charge on any atom is -0.385 e. The highest BCUT2D eigenvalue weighted by molar-refractivity contribution is 8.02. The van der Waals surface area contributed by atoms with Crippen LogP contribution in [0.3, 0.4) is 0 Å². The molecule has 1 aliphatic rings. The minimum absolute atomic E-state index is 0.186. The third-order valence-electron chi connectivity index (χ3n) is 2.75. The average Bonchev–Trinajstić information content (AvgIpc) is 2.25. The van der Waals surface area contributed by atoms with Gasteiger partial charge in [-0.25, -0.2) is 0 Å². The summed E-state index contributed by atoms with van der Waals surface area (Å²) in [6.07, 6.45) is 9.72. The summed E-state index contributed by atoms with van der Waals surface area (Å²) in [6, 6.07) is 0. The maximum Gasteiger partial charge on any atom is 0.318 e. The molecule has 1 saturated carbocycles. The van der Waals surface area contributed by atoms with Crippen LogP contribution in [0.2, 0.25) is 0 Å². The predicted octanol–water partition coefficient (Wildman–Crippen LogP) is 2.59. The van der Waals surface area contributed by atoms with Crippen LogP contribution in [-0.2, 0) is 0 Å². The number of rotatable bonds is 5. The van der Waals surface area contributed by atoms with E-state index in [0.717, 1.165) is 18.3 Å². The first kappa shape index (κ1) is 12.4. The molecule has 0 aliphatic heterocycles. The van der Waals surface area contributed by atoms with Gasteiger partial charge in [0.05, 0.1) is 11.1 Å². The zero-order valence-corrected chi connectivity index (χ0v) is 9.89. The summed E-state index contributed by atoms with van der Waals surface area (Å²) in [5, 5.41) is 13.7. The van der Waals surface area contributed by atoms with Crippen LogP contribution in [0.25, 0.3) is 0 Å². The Morgan fingerprint density at radius 2 is 2.20 bits per heavy atom. The lowest BCUT2D eigenvalue weighted by atomic mass is 9.89. The second-order valence-electron chi connectivity index (χ2n) is 3.86. The first-order chi connectivity index (χ1) is 7.24. The lowest BCUT2D eigenvalue weighted by Gasteiger charge is -2.20. The molecule has 0 aromatic rings. The van der Waals surface area contributed by atoms with E-state index in [-0.39, 0.29) is 9.95 Å². The smallest absolute Gasteiger partial charge is 0.318 e. The number of hydrogen-bond donors (Lipinski definition) is 1. The van der Waals surface area contributed by atoms with E-state index < -0.39 is 0 Å². The fraction of sp³-hybridized carbons (Fsp3) is 0.800. The molecular formula is C10H18N2O2S. The van der Waals surface area contributed by atoms with Crippen LogP contribution in [0.5, 0.6) is 0 Å². The van der Waals surface area contributed by atoms with E-state index in [2.05, 4.69) is 5.32 Å². The first-order valence-electron chi connectivity index (χ1n) is 5.36. The van der Waals surface area contributed by atoms with Gasteiger partial charge in [0, 0.05) is 6.54 Å². The highest BCUT2D eigenvalue weighted by Crippen LogP contribution is 2.22. The average molecular weight is 230 g/mol. The number of hydrogen-bond acceptors (Lipinski definition) is 4. The third kappa shape index (κ3) is 4.55. The Labute approximate surface area is 94.7 Å². The van der Waals surface area contributed by atoms with Gasteiger partial charge in [-0.05, 0) is 25.0 Å². The van der Waals surface area contributed by atoms with Crippen molar-refractivity contribution in [3.63, 3.8) is 0 Å². The Hall–Kier alpha value is -0.710. The largest absolute Gasteiger partial charge is 0.385 e. The van der Waals surface area contributed by atoms with Crippen molar-refractivity contribution in [1.29, 1.82) is 0 Å². The Morgan fingerprint density at radius 1 is 1.53 bits per heavy atom. The van der Waals surface area contributed by atoms with Crippen molar-refractivity contribution in [2.24, 2.45) is 5.92 Å². The van der Waals surface area contributed by atoms with Crippen LogP contribution in [-0.4, -0.2) is 17.7 Å². The fourth-order valence-electron chi connectivity index (χ4n) is 1.89. The third-order valence-corrected chi connectivity index (χ3v) is 3.43. The molecule has 5 heteroatoms. The number of nitrogens with zero attached hydrogens (tertiary/aromatic N) is 1. The van der Waals surface area contributed by atoms with Gasteiger partial charge < -0.3 is 5.32 Å². The number of nitrogens with one attached hydrogen (secondary N) is 1. The number of nitro groups is 1. The van der Waals surface area contributed by atoms with Gasteiger partial charge in [-0.15, -0.1) is 0 Å². The van der Waals surface area contributed by atoms with Gasteiger partial charge in [-0.1, -0.05) is 31.0 Å². The fourth-order valence-corrected chi connectivity index (χ4v) is 2.24. The van der Waals surface area contributed by atoms with Crippen LogP contribution in [0, 0.1) is 16.0 Å². The van der Waals surface area contributed by atoms with E-state index in [4.69, 9.17) is 0 Å². The molecule has 1 fully saturated rings. The molecule has 0 saturated heterocycles. The Morgan fingerprint density at radius 3 is 2.73 bits per heavy atom. The van der Waals surface area contributed by atoms with Gasteiger partial charge in [-0.2, -0.15) is 0 Å². The molecule has 0 radical (unpaired) electrons. The summed E-state index contributed by atoms with van der Waals surface area (Å²) in [5.41, 5.74) is 0. The zero-order chi connectivity index (χ0) is 11.1. The first-order valence-corrected chi connectivity index (χ1v) is 6.58. The van der Waals surface area contributed by atoms with E-state index in [0.29, 0.717) is 5.92 Å². The van der Waals surface area contributed by atoms with Gasteiger partial charge in [0.2, 0.25) is 0 Å². The van der Waals surface area contributed by atoms with E-state index in [9.17, 15) is 10.1 Å². The summed E-state index contributed by atoms with van der Waals surface area (Å²) in [7, 11) is 0.